The number of aromatic nitrogens is 2. The van der Waals surface area contributed by atoms with Crippen LogP contribution in [-0.2, 0) is 17.8 Å². The molecular weight excluding hydrogens is 378 g/mol. The lowest BCUT2D eigenvalue weighted by Crippen LogP contribution is -2.16. The fourth-order valence-electron chi connectivity index (χ4n) is 2.87. The molecule has 0 fully saturated rings. The number of nitrogens with one attached hydrogen (secondary N) is 1. The Morgan fingerprint density at radius 3 is 2.64 bits per heavy atom. The van der Waals surface area contributed by atoms with Crippen LogP contribution in [0.1, 0.15) is 17.5 Å². The van der Waals surface area contributed by atoms with Crippen LogP contribution in [0.25, 0.3) is 0 Å². The van der Waals surface area contributed by atoms with Gasteiger partial charge < -0.3 is 14.8 Å². The molecule has 0 unspecified atom stereocenters. The molecule has 0 saturated heterocycles. The van der Waals surface area contributed by atoms with Gasteiger partial charge in [0.05, 0.1) is 27.0 Å². The highest BCUT2D eigenvalue weighted by Crippen LogP contribution is 2.28. The van der Waals surface area contributed by atoms with E-state index in [0.717, 1.165) is 11.1 Å². The molecule has 0 aliphatic rings. The molecule has 0 aliphatic heterocycles. The number of hydrogen-bond acceptors (Lipinski definition) is 4. The second-order valence-electron chi connectivity index (χ2n) is 6.24. The fourth-order valence-corrected chi connectivity index (χ4v) is 3.09. The first-order chi connectivity index (χ1) is 13.6. The number of hydrogen-bond donors (Lipinski definition) is 1. The van der Waals surface area contributed by atoms with Crippen LogP contribution in [0.5, 0.6) is 11.5 Å². The quantitative estimate of drug-likeness (QED) is 0.617. The van der Waals surface area contributed by atoms with Gasteiger partial charge in [-0.05, 0) is 41.8 Å². The monoisotopic (exact) mass is 399 g/mol. The zero-order chi connectivity index (χ0) is 19.9. The van der Waals surface area contributed by atoms with Crippen molar-refractivity contribution in [2.24, 2.45) is 0 Å². The Morgan fingerprint density at radius 2 is 1.89 bits per heavy atom. The van der Waals surface area contributed by atoms with E-state index in [2.05, 4.69) is 10.4 Å². The zero-order valence-corrected chi connectivity index (χ0v) is 16.6. The summed E-state index contributed by atoms with van der Waals surface area (Å²) in [5.41, 5.74) is 2.01. The highest BCUT2D eigenvalue weighted by atomic mass is 35.5. The van der Waals surface area contributed by atoms with Crippen molar-refractivity contribution >= 4 is 23.3 Å². The van der Waals surface area contributed by atoms with Gasteiger partial charge in [0.1, 0.15) is 5.82 Å². The summed E-state index contributed by atoms with van der Waals surface area (Å²) in [7, 11) is 3.19. The van der Waals surface area contributed by atoms with Crippen LogP contribution in [0.3, 0.4) is 0 Å². The molecule has 0 aliphatic carbocycles. The summed E-state index contributed by atoms with van der Waals surface area (Å²) in [6.07, 6.45) is 2.60. The van der Waals surface area contributed by atoms with E-state index in [4.69, 9.17) is 21.1 Å². The number of nitrogens with zero attached hydrogens (tertiary/aromatic N) is 2. The number of methoxy groups -OCH3 is 2. The minimum absolute atomic E-state index is 0.0809. The predicted octanol–water partition coefficient (Wildman–Crippen LogP) is 4.17. The molecule has 1 heterocycles. The maximum absolute atomic E-state index is 12.4. The number of rotatable bonds is 8. The number of carbonyl (C=O) groups excluding carboxylic acids is 1. The van der Waals surface area contributed by atoms with Gasteiger partial charge in [0.2, 0.25) is 5.91 Å². The van der Waals surface area contributed by atoms with Gasteiger partial charge in [-0.3, -0.25) is 4.79 Å². The van der Waals surface area contributed by atoms with Crippen LogP contribution in [0.15, 0.2) is 54.7 Å². The maximum atomic E-state index is 12.4. The van der Waals surface area contributed by atoms with Crippen LogP contribution >= 0.6 is 11.6 Å². The Kier molecular flexibility index (Phi) is 6.55. The molecule has 146 valence electrons. The van der Waals surface area contributed by atoms with Gasteiger partial charge in [0.15, 0.2) is 11.5 Å². The Bertz CT molecular complexity index is 956. The van der Waals surface area contributed by atoms with E-state index in [1.54, 1.807) is 31.2 Å². The summed E-state index contributed by atoms with van der Waals surface area (Å²) >= 11 is 6.03. The van der Waals surface area contributed by atoms with Crippen molar-refractivity contribution in [3.05, 3.63) is 70.9 Å². The van der Waals surface area contributed by atoms with Gasteiger partial charge in [-0.1, -0.05) is 29.8 Å². The Balaban J connectivity index is 1.59. The van der Waals surface area contributed by atoms with Crippen LogP contribution in [-0.4, -0.2) is 29.9 Å². The summed E-state index contributed by atoms with van der Waals surface area (Å²) in [6.45, 7) is 0.527. The van der Waals surface area contributed by atoms with Gasteiger partial charge >= 0.3 is 0 Å². The molecule has 1 aromatic heterocycles. The second-order valence-corrected chi connectivity index (χ2v) is 6.68. The van der Waals surface area contributed by atoms with Crippen molar-refractivity contribution in [1.29, 1.82) is 0 Å². The van der Waals surface area contributed by atoms with E-state index < -0.39 is 0 Å². The first-order valence-corrected chi connectivity index (χ1v) is 9.24. The summed E-state index contributed by atoms with van der Waals surface area (Å²) in [6, 6.07) is 15.0. The summed E-state index contributed by atoms with van der Waals surface area (Å²) in [4.78, 5) is 12.4. The average Bonchev–Trinajstić information content (AvgIpc) is 3.12. The van der Waals surface area contributed by atoms with Crippen molar-refractivity contribution in [2.45, 2.75) is 19.4 Å². The second kappa shape index (κ2) is 9.28. The van der Waals surface area contributed by atoms with E-state index in [1.807, 2.05) is 42.5 Å². The Morgan fingerprint density at radius 1 is 1.07 bits per heavy atom. The topological polar surface area (TPSA) is 65.4 Å². The molecule has 3 rings (SSSR count). The predicted molar refractivity (Wildman–Crippen MR) is 109 cm³/mol. The minimum Gasteiger partial charge on any atom is -0.493 e. The highest BCUT2D eigenvalue weighted by Gasteiger charge is 2.10. The molecule has 1 amide bonds. The lowest BCUT2D eigenvalue weighted by molar-refractivity contribution is -0.116. The first kappa shape index (κ1) is 19.8. The molecule has 28 heavy (non-hydrogen) atoms. The van der Waals surface area contributed by atoms with Crippen molar-refractivity contribution in [2.75, 3.05) is 19.5 Å². The van der Waals surface area contributed by atoms with E-state index in [9.17, 15) is 4.79 Å². The fraction of sp³-hybridized carbons (Fsp3) is 0.238. The smallest absolute Gasteiger partial charge is 0.225 e. The number of halogens is 1. The van der Waals surface area contributed by atoms with Crippen LogP contribution in [0.2, 0.25) is 5.02 Å². The Hall–Kier alpha value is -2.99. The van der Waals surface area contributed by atoms with Crippen molar-refractivity contribution < 1.29 is 14.3 Å². The first-order valence-electron chi connectivity index (χ1n) is 8.86. The van der Waals surface area contributed by atoms with Crippen molar-refractivity contribution in [3.8, 4) is 11.5 Å². The summed E-state index contributed by atoms with van der Waals surface area (Å²) in [5, 5.41) is 7.87. The third-order valence-corrected chi connectivity index (χ3v) is 4.53. The maximum Gasteiger partial charge on any atom is 0.225 e. The molecule has 0 saturated carbocycles. The summed E-state index contributed by atoms with van der Waals surface area (Å²) in [5.74, 6) is 1.89. The molecule has 0 radical (unpaired) electrons. The van der Waals surface area contributed by atoms with Crippen molar-refractivity contribution in [3.63, 3.8) is 0 Å². The van der Waals surface area contributed by atoms with E-state index in [1.165, 1.54) is 0 Å². The number of ether oxygens (including phenoxy) is 2. The number of benzene rings is 2. The number of carbonyl (C=O) groups is 1. The third kappa shape index (κ3) is 5.04. The lowest BCUT2D eigenvalue weighted by atomic mass is 10.1. The summed E-state index contributed by atoms with van der Waals surface area (Å²) < 4.78 is 12.3. The standard InChI is InChI=1S/C21H22ClN3O3/c1-27-18-8-6-15(13-19(18)28-2)7-9-21(26)24-20-10-11-23-25(20)14-16-4-3-5-17(22)12-16/h3-6,8,10-13H,7,9,14H2,1-2H3,(H,24,26). The zero-order valence-electron chi connectivity index (χ0n) is 15.8. The van der Waals surface area contributed by atoms with Gasteiger partial charge in [-0.15, -0.1) is 0 Å². The van der Waals surface area contributed by atoms with E-state index in [0.29, 0.717) is 41.7 Å². The normalized spacial score (nSPS) is 10.5. The lowest BCUT2D eigenvalue weighted by Gasteiger charge is -2.11. The number of amides is 1. The van der Waals surface area contributed by atoms with Gasteiger partial charge in [0, 0.05) is 17.5 Å². The Labute approximate surface area is 169 Å². The largest absolute Gasteiger partial charge is 0.493 e. The molecular formula is C21H22ClN3O3. The molecule has 0 spiro atoms. The van der Waals surface area contributed by atoms with E-state index >= 15 is 0 Å². The molecule has 6 nitrogen and oxygen atoms in total. The van der Waals surface area contributed by atoms with Crippen LogP contribution in [0.4, 0.5) is 5.82 Å². The van der Waals surface area contributed by atoms with Gasteiger partial charge in [-0.2, -0.15) is 5.10 Å². The molecule has 3 aromatic rings. The van der Waals surface area contributed by atoms with Crippen LogP contribution < -0.4 is 14.8 Å². The molecule has 0 atom stereocenters. The van der Waals surface area contributed by atoms with Crippen molar-refractivity contribution in [1.82, 2.24) is 9.78 Å². The van der Waals surface area contributed by atoms with E-state index in [-0.39, 0.29) is 5.91 Å². The van der Waals surface area contributed by atoms with Gasteiger partial charge in [-0.25, -0.2) is 4.68 Å². The average molecular weight is 400 g/mol. The highest BCUT2D eigenvalue weighted by molar-refractivity contribution is 6.30. The molecule has 2 aromatic carbocycles. The molecule has 1 N–H and O–H groups in total. The SMILES string of the molecule is COc1ccc(CCC(=O)Nc2ccnn2Cc2cccc(Cl)c2)cc1OC. The minimum atomic E-state index is -0.0809. The number of aryl methyl sites for hydroxylation is 1. The van der Waals surface area contributed by atoms with Gasteiger partial charge in [0.25, 0.3) is 0 Å². The molecule has 7 heteroatoms. The third-order valence-electron chi connectivity index (χ3n) is 4.29. The number of anilines is 1. The molecule has 0 bridgehead atoms. The van der Waals surface area contributed by atoms with Crippen LogP contribution in [0, 0.1) is 0 Å².